The van der Waals surface area contributed by atoms with Crippen molar-refractivity contribution >= 4 is 15.8 Å². The van der Waals surface area contributed by atoms with Crippen LogP contribution in [0.2, 0.25) is 0 Å². The lowest BCUT2D eigenvalue weighted by atomic mass is 10.2. The van der Waals surface area contributed by atoms with Gasteiger partial charge < -0.3 is 9.64 Å². The first-order valence-electron chi connectivity index (χ1n) is 9.92. The molecule has 1 aliphatic rings. The molecule has 1 saturated heterocycles. The lowest BCUT2D eigenvalue weighted by Crippen LogP contribution is -2.54. The number of hydrogen-bond acceptors (Lipinski definition) is 6. The summed E-state index contributed by atoms with van der Waals surface area (Å²) < 4.78 is 47.1. The predicted octanol–water partition coefficient (Wildman–Crippen LogP) is 3.62. The molecule has 0 bridgehead atoms. The number of benzene rings is 2. The van der Waals surface area contributed by atoms with Crippen molar-refractivity contribution in [3.8, 4) is 11.6 Å². The molecule has 9 heteroatoms. The molecule has 7 nitrogen and oxygen atoms in total. The monoisotopic (exact) mass is 442 g/mol. The van der Waals surface area contributed by atoms with Gasteiger partial charge in [-0.15, -0.1) is 0 Å². The maximum absolute atomic E-state index is 13.9. The Kier molecular flexibility index (Phi) is 5.88. The SMILES string of the molecule is Cc1ccc(S(=O)(=O)N2CCN(c3cc(Oc4ccccc4F)ncn3)C[C@H]2C)cc1. The number of anilines is 1. The van der Waals surface area contributed by atoms with Crippen LogP contribution in [-0.4, -0.2) is 48.4 Å². The number of hydrogen-bond donors (Lipinski definition) is 0. The number of halogens is 1. The molecule has 162 valence electrons. The highest BCUT2D eigenvalue weighted by Crippen LogP contribution is 2.27. The highest BCUT2D eigenvalue weighted by atomic mass is 32.2. The van der Waals surface area contributed by atoms with E-state index in [-0.39, 0.29) is 17.7 Å². The summed E-state index contributed by atoms with van der Waals surface area (Å²) in [5.41, 5.74) is 1.01. The third-order valence-corrected chi connectivity index (χ3v) is 7.22. The molecule has 1 fully saturated rings. The Morgan fingerprint density at radius 3 is 2.52 bits per heavy atom. The van der Waals surface area contributed by atoms with Crippen molar-refractivity contribution in [3.05, 3.63) is 72.3 Å². The van der Waals surface area contributed by atoms with E-state index in [9.17, 15) is 12.8 Å². The fraction of sp³-hybridized carbons (Fsp3) is 0.273. The average molecular weight is 443 g/mol. The van der Waals surface area contributed by atoms with E-state index in [1.54, 1.807) is 42.5 Å². The van der Waals surface area contributed by atoms with Crippen LogP contribution in [0.5, 0.6) is 11.6 Å². The Hall–Kier alpha value is -3.04. The van der Waals surface area contributed by atoms with Crippen molar-refractivity contribution in [2.75, 3.05) is 24.5 Å². The summed E-state index contributed by atoms with van der Waals surface area (Å²) in [6.45, 7) is 5.04. The van der Waals surface area contributed by atoms with Gasteiger partial charge in [-0.25, -0.2) is 22.8 Å². The van der Waals surface area contributed by atoms with Gasteiger partial charge in [0.2, 0.25) is 15.9 Å². The molecule has 1 atom stereocenters. The summed E-state index contributed by atoms with van der Waals surface area (Å²) in [4.78, 5) is 10.6. The molecule has 0 N–H and O–H groups in total. The van der Waals surface area contributed by atoms with Crippen molar-refractivity contribution in [3.63, 3.8) is 0 Å². The molecule has 4 rings (SSSR count). The van der Waals surface area contributed by atoms with Gasteiger partial charge in [-0.1, -0.05) is 29.8 Å². The minimum Gasteiger partial charge on any atom is -0.436 e. The lowest BCUT2D eigenvalue weighted by molar-refractivity contribution is 0.305. The minimum atomic E-state index is -3.58. The van der Waals surface area contributed by atoms with Gasteiger partial charge in [0.1, 0.15) is 12.1 Å². The molecular formula is C22H23FN4O3S. The van der Waals surface area contributed by atoms with Crippen molar-refractivity contribution in [1.82, 2.24) is 14.3 Å². The van der Waals surface area contributed by atoms with Crippen LogP contribution in [0.15, 0.2) is 65.8 Å². The molecule has 3 aromatic rings. The van der Waals surface area contributed by atoms with Crippen LogP contribution in [0, 0.1) is 12.7 Å². The third-order valence-electron chi connectivity index (χ3n) is 5.20. The van der Waals surface area contributed by atoms with E-state index in [0.29, 0.717) is 30.3 Å². The van der Waals surface area contributed by atoms with Gasteiger partial charge >= 0.3 is 0 Å². The maximum atomic E-state index is 13.9. The van der Waals surface area contributed by atoms with Gasteiger partial charge in [0.15, 0.2) is 11.6 Å². The molecule has 0 unspecified atom stereocenters. The summed E-state index contributed by atoms with van der Waals surface area (Å²) in [5, 5.41) is 0. The van der Waals surface area contributed by atoms with Gasteiger partial charge in [-0.3, -0.25) is 0 Å². The van der Waals surface area contributed by atoms with Crippen LogP contribution >= 0.6 is 0 Å². The summed E-state index contributed by atoms with van der Waals surface area (Å²) >= 11 is 0. The van der Waals surface area contributed by atoms with Gasteiger partial charge in [-0.05, 0) is 38.1 Å². The summed E-state index contributed by atoms with van der Waals surface area (Å²) in [5.74, 6) is 0.416. The standard InChI is InChI=1S/C22H23FN4O3S/c1-16-7-9-18(10-8-16)31(28,29)27-12-11-26(14-17(27)2)21-13-22(25-15-24-21)30-20-6-4-3-5-19(20)23/h3-10,13,15,17H,11-12,14H2,1-2H3/t17-/m1/s1. The Balaban J connectivity index is 1.49. The Labute approximate surface area is 181 Å². The summed E-state index contributed by atoms with van der Waals surface area (Å²) in [7, 11) is -3.58. The zero-order valence-electron chi connectivity index (χ0n) is 17.3. The van der Waals surface area contributed by atoms with Crippen LogP contribution in [0.4, 0.5) is 10.2 Å². The molecule has 1 aromatic heterocycles. The highest BCUT2D eigenvalue weighted by Gasteiger charge is 2.34. The van der Waals surface area contributed by atoms with Crippen molar-refractivity contribution in [2.45, 2.75) is 24.8 Å². The molecule has 2 heterocycles. The van der Waals surface area contributed by atoms with E-state index in [1.807, 2.05) is 18.7 Å². The Morgan fingerprint density at radius 2 is 1.81 bits per heavy atom. The number of ether oxygens (including phenoxy) is 1. The van der Waals surface area contributed by atoms with Gasteiger partial charge in [-0.2, -0.15) is 4.31 Å². The van der Waals surface area contributed by atoms with Crippen LogP contribution in [-0.2, 0) is 10.0 Å². The largest absolute Gasteiger partial charge is 0.436 e. The van der Waals surface area contributed by atoms with E-state index in [0.717, 1.165) is 5.56 Å². The number of sulfonamides is 1. The number of para-hydroxylation sites is 1. The van der Waals surface area contributed by atoms with Crippen molar-refractivity contribution < 1.29 is 17.5 Å². The molecule has 0 spiro atoms. The van der Waals surface area contributed by atoms with E-state index in [1.165, 1.54) is 22.8 Å². The number of aryl methyl sites for hydroxylation is 1. The quantitative estimate of drug-likeness (QED) is 0.601. The van der Waals surface area contributed by atoms with Crippen LogP contribution < -0.4 is 9.64 Å². The molecule has 31 heavy (non-hydrogen) atoms. The van der Waals surface area contributed by atoms with E-state index in [4.69, 9.17) is 4.74 Å². The summed E-state index contributed by atoms with van der Waals surface area (Å²) in [6.07, 6.45) is 1.35. The molecule has 0 amide bonds. The second kappa shape index (κ2) is 8.60. The topological polar surface area (TPSA) is 75.6 Å². The zero-order valence-corrected chi connectivity index (χ0v) is 18.1. The fourth-order valence-electron chi connectivity index (χ4n) is 3.55. The second-order valence-electron chi connectivity index (χ2n) is 7.47. The number of aromatic nitrogens is 2. The van der Waals surface area contributed by atoms with Crippen LogP contribution in [0.3, 0.4) is 0 Å². The second-order valence-corrected chi connectivity index (χ2v) is 9.36. The molecule has 0 aliphatic carbocycles. The summed E-state index contributed by atoms with van der Waals surface area (Å²) in [6, 6.07) is 14.3. The molecule has 0 saturated carbocycles. The maximum Gasteiger partial charge on any atom is 0.243 e. The van der Waals surface area contributed by atoms with Gasteiger partial charge in [0.25, 0.3) is 0 Å². The number of nitrogens with zero attached hydrogens (tertiary/aromatic N) is 4. The Morgan fingerprint density at radius 1 is 1.06 bits per heavy atom. The van der Waals surface area contributed by atoms with Crippen LogP contribution in [0.1, 0.15) is 12.5 Å². The Bertz CT molecular complexity index is 1170. The fourth-order valence-corrected chi connectivity index (χ4v) is 5.16. The molecule has 2 aromatic carbocycles. The van der Waals surface area contributed by atoms with E-state index >= 15 is 0 Å². The normalized spacial score (nSPS) is 17.5. The predicted molar refractivity (Wildman–Crippen MR) is 115 cm³/mol. The number of rotatable bonds is 5. The molecular weight excluding hydrogens is 419 g/mol. The molecule has 1 aliphatic heterocycles. The minimum absolute atomic E-state index is 0.0783. The van der Waals surface area contributed by atoms with E-state index in [2.05, 4.69) is 9.97 Å². The van der Waals surface area contributed by atoms with E-state index < -0.39 is 15.8 Å². The first-order valence-corrected chi connectivity index (χ1v) is 11.4. The first kappa shape index (κ1) is 21.2. The van der Waals surface area contributed by atoms with Crippen molar-refractivity contribution in [2.24, 2.45) is 0 Å². The number of piperazine rings is 1. The zero-order chi connectivity index (χ0) is 22.0. The first-order chi connectivity index (χ1) is 14.8. The lowest BCUT2D eigenvalue weighted by Gasteiger charge is -2.39. The third kappa shape index (κ3) is 4.52. The van der Waals surface area contributed by atoms with Crippen LogP contribution in [0.25, 0.3) is 0 Å². The van der Waals surface area contributed by atoms with Gasteiger partial charge in [0.05, 0.1) is 4.90 Å². The highest BCUT2D eigenvalue weighted by molar-refractivity contribution is 7.89. The van der Waals surface area contributed by atoms with Gasteiger partial charge in [0, 0.05) is 31.7 Å². The average Bonchev–Trinajstić information content (AvgIpc) is 2.76. The smallest absolute Gasteiger partial charge is 0.243 e. The molecule has 0 radical (unpaired) electrons. The van der Waals surface area contributed by atoms with Crippen molar-refractivity contribution in [1.29, 1.82) is 0 Å².